The third-order valence-electron chi connectivity index (χ3n) is 7.17. The molecule has 4 heterocycles. The third kappa shape index (κ3) is 6.44. The summed E-state index contributed by atoms with van der Waals surface area (Å²) >= 11 is 0. The van der Waals surface area contributed by atoms with E-state index in [-0.39, 0.29) is 12.1 Å². The Morgan fingerprint density at radius 2 is 1.92 bits per heavy atom. The normalized spacial score (nSPS) is 23.1. The molecule has 0 aromatic carbocycles. The number of aliphatic hydroxyl groups excluding tert-OH is 1. The van der Waals surface area contributed by atoms with E-state index >= 15 is 0 Å². The summed E-state index contributed by atoms with van der Waals surface area (Å²) in [5, 5.41) is 17.6. The van der Waals surface area contributed by atoms with Crippen molar-refractivity contribution in [2.24, 2.45) is 0 Å². The van der Waals surface area contributed by atoms with Gasteiger partial charge in [-0.1, -0.05) is 0 Å². The minimum atomic E-state index is -0.696. The Morgan fingerprint density at radius 3 is 2.59 bits per heavy atom. The summed E-state index contributed by atoms with van der Waals surface area (Å²) < 4.78 is 11.8. The van der Waals surface area contributed by atoms with Gasteiger partial charge < -0.3 is 30.1 Å². The van der Waals surface area contributed by atoms with E-state index in [1.165, 1.54) is 0 Å². The van der Waals surface area contributed by atoms with Crippen LogP contribution in [0.15, 0.2) is 30.6 Å². The summed E-state index contributed by atoms with van der Waals surface area (Å²) in [7, 11) is 4.29. The standard InChI is InChI=1S/C27H37N7O3/c1-17(35)23-13-18-14-29-27(33-25(18)26(31-23)30-19-5-4-12-36-16-19)32-24-11-10-22(15-28-24)37-21-8-6-20(7-9-21)34(2)3/h10-11,13-15,17,19-21,35H,4-9,12,16H2,1-3H3,(H,30,31)(H,28,29,32,33)/t17?,19-,20?,21?/m0/s1. The molecule has 3 aromatic rings. The van der Waals surface area contributed by atoms with Gasteiger partial charge in [-0.25, -0.2) is 19.9 Å². The summed E-state index contributed by atoms with van der Waals surface area (Å²) in [6, 6.07) is 6.42. The van der Waals surface area contributed by atoms with E-state index in [1.54, 1.807) is 19.3 Å². The second-order valence-electron chi connectivity index (χ2n) is 10.3. The molecule has 2 atom stereocenters. The average molecular weight is 508 g/mol. The molecule has 198 valence electrons. The number of aromatic nitrogens is 4. The number of aliphatic hydroxyl groups is 1. The highest BCUT2D eigenvalue weighted by atomic mass is 16.5. The number of ether oxygens (including phenoxy) is 2. The molecule has 0 radical (unpaired) electrons. The Hall–Kier alpha value is -3.08. The van der Waals surface area contributed by atoms with Gasteiger partial charge in [0.2, 0.25) is 5.95 Å². The van der Waals surface area contributed by atoms with Crippen molar-refractivity contribution in [3.63, 3.8) is 0 Å². The first-order valence-corrected chi connectivity index (χ1v) is 13.2. The number of nitrogens with zero attached hydrogens (tertiary/aromatic N) is 5. The van der Waals surface area contributed by atoms with Crippen LogP contribution >= 0.6 is 0 Å². The van der Waals surface area contributed by atoms with Gasteiger partial charge in [-0.3, -0.25) is 0 Å². The molecule has 1 unspecified atom stereocenters. The molecule has 0 amide bonds. The Balaban J connectivity index is 1.28. The van der Waals surface area contributed by atoms with E-state index in [2.05, 4.69) is 44.6 Å². The lowest BCUT2D eigenvalue weighted by molar-refractivity contribution is 0.0875. The zero-order chi connectivity index (χ0) is 25.8. The molecule has 2 fully saturated rings. The highest BCUT2D eigenvalue weighted by Crippen LogP contribution is 2.28. The van der Waals surface area contributed by atoms with E-state index in [4.69, 9.17) is 14.5 Å². The van der Waals surface area contributed by atoms with Gasteiger partial charge in [-0.2, -0.15) is 0 Å². The molecule has 3 N–H and O–H groups in total. The van der Waals surface area contributed by atoms with Gasteiger partial charge in [-0.15, -0.1) is 0 Å². The summed E-state index contributed by atoms with van der Waals surface area (Å²) in [5.41, 5.74) is 1.25. The van der Waals surface area contributed by atoms with Crippen molar-refractivity contribution in [3.05, 3.63) is 36.3 Å². The molecule has 2 aliphatic rings. The van der Waals surface area contributed by atoms with Crippen LogP contribution in [0.5, 0.6) is 5.75 Å². The zero-order valence-corrected chi connectivity index (χ0v) is 21.9. The molecule has 10 heteroatoms. The predicted molar refractivity (Wildman–Crippen MR) is 143 cm³/mol. The number of pyridine rings is 2. The van der Waals surface area contributed by atoms with Gasteiger partial charge >= 0.3 is 0 Å². The number of anilines is 3. The smallest absolute Gasteiger partial charge is 0.229 e. The number of fused-ring (bicyclic) bond motifs is 1. The van der Waals surface area contributed by atoms with Crippen LogP contribution in [-0.4, -0.2) is 75.4 Å². The fraction of sp³-hybridized carbons (Fsp3) is 0.556. The molecular weight excluding hydrogens is 470 g/mol. The topological polar surface area (TPSA) is 118 Å². The van der Waals surface area contributed by atoms with Crippen LogP contribution in [-0.2, 0) is 4.74 Å². The Bertz CT molecular complexity index is 1170. The lowest BCUT2D eigenvalue weighted by Crippen LogP contribution is -2.35. The highest BCUT2D eigenvalue weighted by Gasteiger charge is 2.24. The molecule has 0 bridgehead atoms. The largest absolute Gasteiger partial charge is 0.489 e. The van der Waals surface area contributed by atoms with E-state index < -0.39 is 6.10 Å². The van der Waals surface area contributed by atoms with Gasteiger partial charge in [0.1, 0.15) is 17.1 Å². The van der Waals surface area contributed by atoms with E-state index in [0.29, 0.717) is 41.4 Å². The molecule has 1 aliphatic carbocycles. The molecule has 5 rings (SSSR count). The molecular formula is C27H37N7O3. The van der Waals surface area contributed by atoms with Crippen LogP contribution in [0.2, 0.25) is 0 Å². The zero-order valence-electron chi connectivity index (χ0n) is 21.9. The SMILES string of the molecule is CC(O)c1cc2cnc(Nc3ccc(OC4CCC(N(C)C)CC4)cn3)nc2c(N[C@H]2CCCOC2)n1. The quantitative estimate of drug-likeness (QED) is 0.412. The first-order chi connectivity index (χ1) is 17.9. The van der Waals surface area contributed by atoms with Gasteiger partial charge in [0.05, 0.1) is 36.7 Å². The second kappa shape index (κ2) is 11.5. The number of rotatable bonds is 8. The molecule has 1 saturated heterocycles. The van der Waals surface area contributed by atoms with Gasteiger partial charge in [-0.05, 0) is 77.7 Å². The molecule has 1 saturated carbocycles. The molecule has 1 aliphatic heterocycles. The van der Waals surface area contributed by atoms with Crippen LogP contribution < -0.4 is 15.4 Å². The summed E-state index contributed by atoms with van der Waals surface area (Å²) in [5.74, 6) is 2.45. The van der Waals surface area contributed by atoms with Crippen LogP contribution in [0, 0.1) is 0 Å². The maximum Gasteiger partial charge on any atom is 0.229 e. The first-order valence-electron chi connectivity index (χ1n) is 13.2. The van der Waals surface area contributed by atoms with E-state index in [0.717, 1.165) is 56.3 Å². The molecule has 37 heavy (non-hydrogen) atoms. The monoisotopic (exact) mass is 507 g/mol. The van der Waals surface area contributed by atoms with Gasteiger partial charge in [0.25, 0.3) is 0 Å². The first kappa shape index (κ1) is 25.6. The van der Waals surface area contributed by atoms with Crippen molar-refractivity contribution in [2.75, 3.05) is 37.9 Å². The second-order valence-corrected chi connectivity index (χ2v) is 10.3. The lowest BCUT2D eigenvalue weighted by atomic mass is 9.92. The van der Waals surface area contributed by atoms with Crippen molar-refractivity contribution < 1.29 is 14.6 Å². The van der Waals surface area contributed by atoms with Crippen molar-refractivity contribution in [1.82, 2.24) is 24.8 Å². The summed E-state index contributed by atoms with van der Waals surface area (Å²) in [6.07, 6.45) is 9.44. The van der Waals surface area contributed by atoms with Gasteiger partial charge in [0.15, 0.2) is 5.82 Å². The Kier molecular flexibility index (Phi) is 7.97. The van der Waals surface area contributed by atoms with Crippen LogP contribution in [0.25, 0.3) is 10.9 Å². The van der Waals surface area contributed by atoms with Crippen LogP contribution in [0.1, 0.15) is 57.2 Å². The lowest BCUT2D eigenvalue weighted by Gasteiger charge is -2.32. The fourth-order valence-corrected chi connectivity index (χ4v) is 4.99. The number of hydrogen-bond acceptors (Lipinski definition) is 10. The third-order valence-corrected chi connectivity index (χ3v) is 7.17. The number of hydrogen-bond donors (Lipinski definition) is 3. The maximum atomic E-state index is 10.1. The van der Waals surface area contributed by atoms with Crippen molar-refractivity contribution >= 4 is 28.5 Å². The minimum Gasteiger partial charge on any atom is -0.489 e. The Labute approximate surface area is 217 Å². The predicted octanol–water partition coefficient (Wildman–Crippen LogP) is 4.06. The Morgan fingerprint density at radius 1 is 1.08 bits per heavy atom. The van der Waals surface area contributed by atoms with E-state index in [9.17, 15) is 5.11 Å². The number of nitrogens with one attached hydrogen (secondary N) is 2. The van der Waals surface area contributed by atoms with Crippen LogP contribution in [0.3, 0.4) is 0 Å². The summed E-state index contributed by atoms with van der Waals surface area (Å²) in [4.78, 5) is 20.7. The minimum absolute atomic E-state index is 0.146. The molecule has 10 nitrogen and oxygen atoms in total. The maximum absolute atomic E-state index is 10.1. The fourth-order valence-electron chi connectivity index (χ4n) is 4.99. The molecule has 3 aromatic heterocycles. The molecule has 0 spiro atoms. The van der Waals surface area contributed by atoms with Crippen molar-refractivity contribution in [2.45, 2.75) is 69.7 Å². The van der Waals surface area contributed by atoms with Crippen molar-refractivity contribution in [1.29, 1.82) is 0 Å². The summed E-state index contributed by atoms with van der Waals surface area (Å²) in [6.45, 7) is 3.10. The van der Waals surface area contributed by atoms with Gasteiger partial charge in [0, 0.05) is 24.2 Å². The highest BCUT2D eigenvalue weighted by molar-refractivity contribution is 5.89. The van der Waals surface area contributed by atoms with Crippen molar-refractivity contribution in [3.8, 4) is 5.75 Å². The van der Waals surface area contributed by atoms with Crippen LogP contribution in [0.4, 0.5) is 17.6 Å². The van der Waals surface area contributed by atoms with E-state index in [1.807, 2.05) is 18.2 Å². The average Bonchev–Trinajstić information content (AvgIpc) is 2.91.